The van der Waals surface area contributed by atoms with E-state index in [9.17, 15) is 70.7 Å². The van der Waals surface area contributed by atoms with E-state index in [0.717, 1.165) is 12.1 Å². The van der Waals surface area contributed by atoms with E-state index in [1.807, 2.05) is 0 Å². The molecule has 2 aromatic carbocycles. The summed E-state index contributed by atoms with van der Waals surface area (Å²) < 4.78 is 212. The van der Waals surface area contributed by atoms with Gasteiger partial charge >= 0.3 is 48.6 Å². The Morgan fingerprint density at radius 1 is 0.581 bits per heavy atom. The van der Waals surface area contributed by atoms with Crippen LogP contribution in [0.5, 0.6) is 11.5 Å². The Hall–Kier alpha value is -3.62. The summed E-state index contributed by atoms with van der Waals surface area (Å²) in [5.74, 6) is 0.104. The molecule has 242 valence electrons. The molecule has 0 heterocycles. The normalized spacial score (nSPS) is 14.0. The molecule has 0 aliphatic heterocycles. The molecular weight excluding hydrogens is 645 g/mol. The first-order chi connectivity index (χ1) is 19.3. The second-order valence-electron chi connectivity index (χ2n) is 7.94. The predicted octanol–water partition coefficient (Wildman–Crippen LogP) is 8.11. The number of hydrogen-bond acceptors (Lipinski definition) is 6. The van der Waals surface area contributed by atoms with E-state index in [-0.39, 0.29) is 0 Å². The molecule has 43 heavy (non-hydrogen) atoms. The lowest BCUT2D eigenvalue weighted by atomic mass is 10.0. The summed E-state index contributed by atoms with van der Waals surface area (Å²) in [6.07, 6.45) is -46.1. The molecule has 0 fully saturated rings. The van der Waals surface area contributed by atoms with Gasteiger partial charge in [-0.15, -0.1) is 0 Å². The van der Waals surface area contributed by atoms with Gasteiger partial charge in [0, 0.05) is 0 Å². The summed E-state index contributed by atoms with van der Waals surface area (Å²) in [5, 5.41) is 0. The van der Waals surface area contributed by atoms with Gasteiger partial charge in [-0.05, 0) is 35.4 Å². The van der Waals surface area contributed by atoms with E-state index < -0.39 is 61.0 Å². The maximum atomic E-state index is 13.6. The molecule has 6 nitrogen and oxygen atoms in total. The van der Waals surface area contributed by atoms with Gasteiger partial charge < -0.3 is 14.2 Å². The number of rotatable bonds is 11. The molecule has 0 spiro atoms. The highest BCUT2D eigenvalue weighted by Crippen LogP contribution is 2.57. The first-order valence-electron chi connectivity index (χ1n) is 10.6. The number of halogens is 15. The fraction of sp³-hybridized carbons (Fsp3) is 0.409. The zero-order valence-corrected chi connectivity index (χ0v) is 20.4. The second kappa shape index (κ2) is 11.8. The highest BCUT2D eigenvalue weighted by atomic mass is 19.4. The second-order valence-corrected chi connectivity index (χ2v) is 7.94. The van der Waals surface area contributed by atoms with Crippen molar-refractivity contribution in [3.8, 4) is 22.6 Å². The van der Waals surface area contributed by atoms with Crippen molar-refractivity contribution >= 4 is 6.16 Å². The number of methoxy groups -OCH3 is 1. The number of hydrogen-bond donors (Lipinski definition) is 0. The molecule has 0 radical (unpaired) electrons. The number of benzene rings is 2. The lowest BCUT2D eigenvalue weighted by Gasteiger charge is -2.38. The molecule has 0 aliphatic carbocycles. The highest BCUT2D eigenvalue weighted by Gasteiger charge is 2.88. The standard InChI is InChI=1S/C22H13F15O6/c1-39-13-6-2-11(3-7-13)12-4-8-14(9-5-12)41-15(38)40-10-16(23,24)42-21(34,35)22(36,37)43-20(32,33)17(25,18(26,27)28)19(29,30)31/h2-9H,10H2,1H3. The third-order valence-electron chi connectivity index (χ3n) is 4.89. The minimum absolute atomic E-state index is 0.414. The number of carbonyl (C=O) groups excluding carboxylic acids is 1. The summed E-state index contributed by atoms with van der Waals surface area (Å²) in [4.78, 5) is 11.6. The van der Waals surface area contributed by atoms with Gasteiger partial charge in [-0.25, -0.2) is 18.7 Å². The molecule has 2 rings (SSSR count). The Morgan fingerprint density at radius 3 is 1.37 bits per heavy atom. The number of alkyl halides is 15. The zero-order chi connectivity index (χ0) is 33.3. The van der Waals surface area contributed by atoms with Crippen molar-refractivity contribution < 1.29 is 94.3 Å². The van der Waals surface area contributed by atoms with Crippen LogP contribution in [0.15, 0.2) is 48.5 Å². The molecule has 0 N–H and O–H groups in total. The molecule has 0 saturated heterocycles. The zero-order valence-electron chi connectivity index (χ0n) is 20.4. The average molecular weight is 658 g/mol. The molecule has 0 aromatic heterocycles. The van der Waals surface area contributed by atoms with Gasteiger partial charge in [-0.3, -0.25) is 0 Å². The number of ether oxygens (including phenoxy) is 5. The van der Waals surface area contributed by atoms with E-state index in [1.54, 1.807) is 24.3 Å². The van der Waals surface area contributed by atoms with Crippen LogP contribution < -0.4 is 9.47 Å². The Kier molecular flexibility index (Phi) is 9.77. The van der Waals surface area contributed by atoms with E-state index in [1.165, 1.54) is 24.0 Å². The van der Waals surface area contributed by atoms with Gasteiger partial charge in [0.2, 0.25) is 0 Å². The van der Waals surface area contributed by atoms with Crippen LogP contribution in [0.1, 0.15) is 0 Å². The Balaban J connectivity index is 2.07. The Bertz CT molecular complexity index is 1230. The van der Waals surface area contributed by atoms with Crippen LogP contribution in [-0.2, 0) is 14.2 Å². The van der Waals surface area contributed by atoms with Crippen LogP contribution in [0.3, 0.4) is 0 Å². The number of carbonyl (C=O) groups is 1. The van der Waals surface area contributed by atoms with Crippen LogP contribution in [0.4, 0.5) is 70.7 Å². The summed E-state index contributed by atoms with van der Waals surface area (Å²) in [7, 11) is 1.42. The SMILES string of the molecule is COc1ccc(-c2ccc(OC(=O)OCC(F)(F)OC(F)(F)C(F)(F)OC(F)(F)C(F)(C(F)(F)F)C(F)(F)F)cc2)cc1. The van der Waals surface area contributed by atoms with Crippen molar-refractivity contribution in [2.24, 2.45) is 0 Å². The summed E-state index contributed by atoms with van der Waals surface area (Å²) >= 11 is 0. The first kappa shape index (κ1) is 35.6. The minimum Gasteiger partial charge on any atom is -0.497 e. The third-order valence-corrected chi connectivity index (χ3v) is 4.89. The van der Waals surface area contributed by atoms with Gasteiger partial charge in [0.05, 0.1) is 7.11 Å². The van der Waals surface area contributed by atoms with Crippen molar-refractivity contribution in [1.29, 1.82) is 0 Å². The topological polar surface area (TPSA) is 63.2 Å². The molecule has 0 saturated carbocycles. The molecule has 2 aromatic rings. The summed E-state index contributed by atoms with van der Waals surface area (Å²) in [6.45, 7) is -2.75. The van der Waals surface area contributed by atoms with E-state index in [4.69, 9.17) is 4.74 Å². The Labute approximate surface area is 228 Å². The molecule has 0 amide bonds. The first-order valence-corrected chi connectivity index (χ1v) is 10.6. The summed E-state index contributed by atoms with van der Waals surface area (Å²) in [6, 6.07) is 11.3. The van der Waals surface area contributed by atoms with Gasteiger partial charge in [0.1, 0.15) is 11.5 Å². The van der Waals surface area contributed by atoms with Crippen LogP contribution in [0.2, 0.25) is 0 Å². The highest BCUT2D eigenvalue weighted by molar-refractivity contribution is 5.67. The lowest BCUT2D eigenvalue weighted by molar-refractivity contribution is -0.544. The largest absolute Gasteiger partial charge is 0.514 e. The molecular formula is C22H13F15O6. The van der Waals surface area contributed by atoms with Gasteiger partial charge in [-0.2, -0.15) is 61.5 Å². The van der Waals surface area contributed by atoms with Crippen LogP contribution in [-0.4, -0.2) is 62.3 Å². The quantitative estimate of drug-likeness (QED) is 0.138. The van der Waals surface area contributed by atoms with Crippen molar-refractivity contribution in [1.82, 2.24) is 0 Å². The van der Waals surface area contributed by atoms with Crippen LogP contribution >= 0.6 is 0 Å². The fourth-order valence-electron chi connectivity index (χ4n) is 2.83. The lowest BCUT2D eigenvalue weighted by Crippen LogP contribution is -2.68. The van der Waals surface area contributed by atoms with Gasteiger partial charge in [0.15, 0.2) is 6.61 Å². The van der Waals surface area contributed by atoms with E-state index in [0.29, 0.717) is 16.9 Å². The van der Waals surface area contributed by atoms with Crippen LogP contribution in [0, 0.1) is 0 Å². The molecule has 0 unspecified atom stereocenters. The van der Waals surface area contributed by atoms with Gasteiger partial charge in [0.25, 0.3) is 0 Å². The van der Waals surface area contributed by atoms with Crippen molar-refractivity contribution in [2.45, 2.75) is 42.5 Å². The maximum absolute atomic E-state index is 13.6. The minimum atomic E-state index is -8.02. The average Bonchev–Trinajstić information content (AvgIpc) is 2.85. The monoisotopic (exact) mass is 658 g/mol. The predicted molar refractivity (Wildman–Crippen MR) is 108 cm³/mol. The van der Waals surface area contributed by atoms with E-state index in [2.05, 4.69) is 14.2 Å². The Morgan fingerprint density at radius 2 is 0.977 bits per heavy atom. The molecule has 0 atom stereocenters. The van der Waals surface area contributed by atoms with Crippen LogP contribution in [0.25, 0.3) is 11.1 Å². The van der Waals surface area contributed by atoms with Crippen molar-refractivity contribution in [3.63, 3.8) is 0 Å². The van der Waals surface area contributed by atoms with Crippen molar-refractivity contribution in [3.05, 3.63) is 48.5 Å². The fourth-order valence-corrected chi connectivity index (χ4v) is 2.83. The smallest absolute Gasteiger partial charge is 0.497 e. The maximum Gasteiger partial charge on any atom is 0.514 e. The third kappa shape index (κ3) is 7.86. The molecule has 0 aliphatic rings. The van der Waals surface area contributed by atoms with Gasteiger partial charge in [-0.1, -0.05) is 24.3 Å². The molecule has 21 heteroatoms. The van der Waals surface area contributed by atoms with Crippen molar-refractivity contribution in [2.75, 3.05) is 13.7 Å². The van der Waals surface area contributed by atoms with E-state index >= 15 is 0 Å². The molecule has 0 bridgehead atoms. The summed E-state index contributed by atoms with van der Waals surface area (Å²) in [5.41, 5.74) is -6.87.